The maximum atomic E-state index is 5.45. The van der Waals surface area contributed by atoms with Crippen molar-refractivity contribution in [3.05, 3.63) is 33.8 Å². The first-order valence-corrected chi connectivity index (χ1v) is 9.95. The molecule has 0 aliphatic carbocycles. The van der Waals surface area contributed by atoms with Crippen molar-refractivity contribution in [2.75, 3.05) is 53.0 Å². The average Bonchev–Trinajstić information content (AvgIpc) is 3.06. The summed E-state index contributed by atoms with van der Waals surface area (Å²) in [6.45, 7) is 10.2. The number of aryl methyl sites for hydroxylation is 1. The van der Waals surface area contributed by atoms with Crippen molar-refractivity contribution >= 4 is 21.9 Å². The molecule has 6 heteroatoms. The topological polar surface area (TPSA) is 40.1 Å². The van der Waals surface area contributed by atoms with Crippen molar-refractivity contribution in [3.8, 4) is 0 Å². The van der Waals surface area contributed by atoms with Gasteiger partial charge in [-0.1, -0.05) is 22.0 Å². The van der Waals surface area contributed by atoms with E-state index in [9.17, 15) is 0 Å². The lowest BCUT2D eigenvalue weighted by Gasteiger charge is -2.29. The standard InChI is InChI=1S/C19H29BrN4O/c1-15-11-18(20)4-3-17(15)12-22-19(21-2)24-6-5-16(14-24)13-23-7-9-25-10-8-23/h3-4,11,16H,5-10,12-14H2,1-2H3,(H,21,22). The molecule has 1 N–H and O–H groups in total. The first-order chi connectivity index (χ1) is 12.2. The smallest absolute Gasteiger partial charge is 0.193 e. The summed E-state index contributed by atoms with van der Waals surface area (Å²) in [5, 5.41) is 3.54. The molecule has 1 unspecified atom stereocenters. The minimum absolute atomic E-state index is 0.728. The maximum Gasteiger partial charge on any atom is 0.193 e. The number of halogens is 1. The molecule has 2 saturated heterocycles. The molecule has 0 radical (unpaired) electrons. The second kappa shape index (κ2) is 9.01. The molecule has 0 saturated carbocycles. The minimum atomic E-state index is 0.728. The fourth-order valence-corrected chi connectivity index (χ4v) is 4.16. The normalized spacial score (nSPS) is 22.4. The number of nitrogens with zero attached hydrogens (tertiary/aromatic N) is 3. The van der Waals surface area contributed by atoms with Gasteiger partial charge in [-0.05, 0) is 42.5 Å². The van der Waals surface area contributed by atoms with E-state index in [-0.39, 0.29) is 0 Å². The zero-order valence-electron chi connectivity index (χ0n) is 15.3. The highest BCUT2D eigenvalue weighted by Gasteiger charge is 2.27. The predicted octanol–water partition coefficient (Wildman–Crippen LogP) is 2.49. The molecular weight excluding hydrogens is 380 g/mol. The summed E-state index contributed by atoms with van der Waals surface area (Å²) in [5.41, 5.74) is 2.61. The quantitative estimate of drug-likeness (QED) is 0.613. The van der Waals surface area contributed by atoms with E-state index in [1.54, 1.807) is 0 Å². The van der Waals surface area contributed by atoms with Crippen LogP contribution >= 0.6 is 15.9 Å². The van der Waals surface area contributed by atoms with Crippen molar-refractivity contribution in [1.82, 2.24) is 15.1 Å². The predicted molar refractivity (Wildman–Crippen MR) is 106 cm³/mol. The third-order valence-electron chi connectivity index (χ3n) is 5.16. The van der Waals surface area contributed by atoms with Gasteiger partial charge in [0.2, 0.25) is 0 Å². The van der Waals surface area contributed by atoms with Gasteiger partial charge in [0, 0.05) is 50.8 Å². The Morgan fingerprint density at radius 3 is 2.84 bits per heavy atom. The number of benzene rings is 1. The van der Waals surface area contributed by atoms with Gasteiger partial charge >= 0.3 is 0 Å². The molecule has 0 bridgehead atoms. The summed E-state index contributed by atoms with van der Waals surface area (Å²) in [6, 6.07) is 6.43. The lowest BCUT2D eigenvalue weighted by molar-refractivity contribution is 0.0315. The van der Waals surface area contributed by atoms with E-state index in [4.69, 9.17) is 4.74 Å². The Balaban J connectivity index is 1.50. The van der Waals surface area contributed by atoms with Crippen molar-refractivity contribution in [2.24, 2.45) is 10.9 Å². The summed E-state index contributed by atoms with van der Waals surface area (Å²) in [5.74, 6) is 1.75. The van der Waals surface area contributed by atoms with Crippen LogP contribution < -0.4 is 5.32 Å². The zero-order chi connectivity index (χ0) is 17.6. The molecule has 0 aromatic heterocycles. The van der Waals surface area contributed by atoms with Gasteiger partial charge in [0.25, 0.3) is 0 Å². The van der Waals surface area contributed by atoms with E-state index in [1.807, 2.05) is 7.05 Å². The summed E-state index contributed by atoms with van der Waals surface area (Å²) in [6.07, 6.45) is 1.25. The average molecular weight is 409 g/mol. The van der Waals surface area contributed by atoms with Crippen LogP contribution in [0.5, 0.6) is 0 Å². The monoisotopic (exact) mass is 408 g/mol. The van der Waals surface area contributed by atoms with Gasteiger partial charge in [-0.15, -0.1) is 0 Å². The van der Waals surface area contributed by atoms with Crippen LogP contribution in [0, 0.1) is 12.8 Å². The Bertz CT molecular complexity index is 601. The van der Waals surface area contributed by atoms with Crippen LogP contribution in [0.4, 0.5) is 0 Å². The van der Waals surface area contributed by atoms with Gasteiger partial charge in [0.15, 0.2) is 5.96 Å². The SMILES string of the molecule is CN=C(NCc1ccc(Br)cc1C)N1CCC(CN2CCOCC2)C1. The van der Waals surface area contributed by atoms with E-state index >= 15 is 0 Å². The summed E-state index contributed by atoms with van der Waals surface area (Å²) >= 11 is 3.53. The second-order valence-corrected chi connectivity index (χ2v) is 7.90. The highest BCUT2D eigenvalue weighted by atomic mass is 79.9. The Morgan fingerprint density at radius 1 is 1.32 bits per heavy atom. The number of likely N-dealkylation sites (tertiary alicyclic amines) is 1. The van der Waals surface area contributed by atoms with Gasteiger partial charge in [-0.2, -0.15) is 0 Å². The first-order valence-electron chi connectivity index (χ1n) is 9.16. The lowest BCUT2D eigenvalue weighted by Crippen LogP contribution is -2.42. The fourth-order valence-electron chi connectivity index (χ4n) is 3.69. The number of aliphatic imine (C=N–C) groups is 1. The number of hydrogen-bond acceptors (Lipinski definition) is 3. The Labute approximate surface area is 159 Å². The van der Waals surface area contributed by atoms with Gasteiger partial charge in [0.05, 0.1) is 13.2 Å². The van der Waals surface area contributed by atoms with Crippen molar-refractivity contribution < 1.29 is 4.74 Å². The number of hydrogen-bond donors (Lipinski definition) is 1. The van der Waals surface area contributed by atoms with Crippen molar-refractivity contribution in [2.45, 2.75) is 19.9 Å². The summed E-state index contributed by atoms with van der Waals surface area (Å²) < 4.78 is 6.58. The van der Waals surface area contributed by atoms with Crippen LogP contribution in [-0.2, 0) is 11.3 Å². The van der Waals surface area contributed by atoms with Crippen molar-refractivity contribution in [3.63, 3.8) is 0 Å². The Hall–Kier alpha value is -1.11. The molecule has 2 heterocycles. The van der Waals surface area contributed by atoms with E-state index in [0.29, 0.717) is 0 Å². The molecule has 2 fully saturated rings. The largest absolute Gasteiger partial charge is 0.379 e. The number of guanidine groups is 1. The molecule has 1 aromatic carbocycles. The number of morpholine rings is 1. The van der Waals surface area contributed by atoms with Gasteiger partial charge in [-0.25, -0.2) is 0 Å². The highest BCUT2D eigenvalue weighted by Crippen LogP contribution is 2.19. The second-order valence-electron chi connectivity index (χ2n) is 6.99. The van der Waals surface area contributed by atoms with Crippen LogP contribution in [0.1, 0.15) is 17.5 Å². The molecule has 2 aliphatic heterocycles. The van der Waals surface area contributed by atoms with Crippen LogP contribution in [-0.4, -0.2) is 68.7 Å². The summed E-state index contributed by atoms with van der Waals surface area (Å²) in [7, 11) is 1.88. The van der Waals surface area contributed by atoms with E-state index in [2.05, 4.69) is 61.2 Å². The molecule has 0 amide bonds. The molecule has 2 aliphatic rings. The van der Waals surface area contributed by atoms with Gasteiger partial charge < -0.3 is 15.0 Å². The van der Waals surface area contributed by atoms with Gasteiger partial charge in [0.1, 0.15) is 0 Å². The van der Waals surface area contributed by atoms with E-state index < -0.39 is 0 Å². The third kappa shape index (κ3) is 5.19. The molecule has 5 nitrogen and oxygen atoms in total. The number of nitrogens with one attached hydrogen (secondary N) is 1. The number of rotatable bonds is 4. The van der Waals surface area contributed by atoms with Crippen molar-refractivity contribution in [1.29, 1.82) is 0 Å². The molecule has 1 aromatic rings. The Kier molecular flexibility index (Phi) is 6.73. The van der Waals surface area contributed by atoms with E-state index in [1.165, 1.54) is 24.1 Å². The van der Waals surface area contributed by atoms with E-state index in [0.717, 1.165) is 62.3 Å². The maximum absolute atomic E-state index is 5.45. The minimum Gasteiger partial charge on any atom is -0.379 e. The zero-order valence-corrected chi connectivity index (χ0v) is 16.9. The highest BCUT2D eigenvalue weighted by molar-refractivity contribution is 9.10. The van der Waals surface area contributed by atoms with Crippen LogP contribution in [0.25, 0.3) is 0 Å². The molecule has 138 valence electrons. The molecule has 0 spiro atoms. The Morgan fingerprint density at radius 2 is 2.12 bits per heavy atom. The molecule has 3 rings (SSSR count). The van der Waals surface area contributed by atoms with Crippen LogP contribution in [0.3, 0.4) is 0 Å². The van der Waals surface area contributed by atoms with Crippen LogP contribution in [0.2, 0.25) is 0 Å². The number of ether oxygens (including phenoxy) is 1. The first kappa shape index (κ1) is 18.7. The summed E-state index contributed by atoms with van der Waals surface area (Å²) in [4.78, 5) is 9.45. The molecular formula is C19H29BrN4O. The molecule has 1 atom stereocenters. The van der Waals surface area contributed by atoms with Crippen LogP contribution in [0.15, 0.2) is 27.7 Å². The fraction of sp³-hybridized carbons (Fsp3) is 0.632. The third-order valence-corrected chi connectivity index (χ3v) is 5.65. The molecule has 25 heavy (non-hydrogen) atoms. The lowest BCUT2D eigenvalue weighted by atomic mass is 10.1. The van der Waals surface area contributed by atoms with Gasteiger partial charge in [-0.3, -0.25) is 9.89 Å².